The highest BCUT2D eigenvalue weighted by Crippen LogP contribution is 2.26. The number of aromatic nitrogens is 2. The largest absolute Gasteiger partial charge is 0.380 e. The molecule has 0 bridgehead atoms. The minimum absolute atomic E-state index is 0.464. The Labute approximate surface area is 117 Å². The number of benzene rings is 1. The van der Waals surface area contributed by atoms with Gasteiger partial charge in [-0.25, -0.2) is 4.98 Å². The van der Waals surface area contributed by atoms with E-state index in [9.17, 15) is 0 Å². The number of hydrogen-bond acceptors (Lipinski definition) is 5. The molecule has 0 unspecified atom stereocenters. The van der Waals surface area contributed by atoms with Gasteiger partial charge in [0.25, 0.3) is 0 Å². The zero-order valence-electron chi connectivity index (χ0n) is 10.8. The number of rotatable bonds is 5. The van der Waals surface area contributed by atoms with Crippen LogP contribution in [0.5, 0.6) is 0 Å². The van der Waals surface area contributed by atoms with E-state index in [1.165, 1.54) is 0 Å². The number of hydrogen-bond donors (Lipinski definition) is 2. The molecule has 2 N–H and O–H groups in total. The van der Waals surface area contributed by atoms with Crippen LogP contribution in [0.1, 0.15) is 5.56 Å². The molecule has 0 saturated carbocycles. The molecule has 0 amide bonds. The SMILES string of the molecule is CNc1ncc(Cl)c(Nc2ccccc2COC)n1. The Kier molecular flexibility index (Phi) is 4.54. The molecule has 0 radical (unpaired) electrons. The van der Waals surface area contributed by atoms with Gasteiger partial charge in [0.15, 0.2) is 5.82 Å². The third kappa shape index (κ3) is 3.33. The van der Waals surface area contributed by atoms with Gasteiger partial charge in [-0.05, 0) is 6.07 Å². The maximum atomic E-state index is 6.09. The molecule has 5 nitrogen and oxygen atoms in total. The van der Waals surface area contributed by atoms with Crippen LogP contribution in [0.15, 0.2) is 30.5 Å². The lowest BCUT2D eigenvalue weighted by Gasteiger charge is -2.12. The maximum Gasteiger partial charge on any atom is 0.224 e. The van der Waals surface area contributed by atoms with Gasteiger partial charge in [-0.1, -0.05) is 29.8 Å². The van der Waals surface area contributed by atoms with E-state index in [4.69, 9.17) is 16.3 Å². The van der Waals surface area contributed by atoms with E-state index in [-0.39, 0.29) is 0 Å². The Bertz CT molecular complexity index is 562. The zero-order valence-corrected chi connectivity index (χ0v) is 11.5. The summed E-state index contributed by atoms with van der Waals surface area (Å²) in [5.41, 5.74) is 1.94. The second kappa shape index (κ2) is 6.36. The van der Waals surface area contributed by atoms with E-state index in [1.54, 1.807) is 20.4 Å². The van der Waals surface area contributed by atoms with Gasteiger partial charge < -0.3 is 15.4 Å². The Balaban J connectivity index is 2.30. The van der Waals surface area contributed by atoms with Crippen LogP contribution in [0, 0.1) is 0 Å². The zero-order chi connectivity index (χ0) is 13.7. The van der Waals surface area contributed by atoms with Gasteiger partial charge in [-0.15, -0.1) is 0 Å². The monoisotopic (exact) mass is 278 g/mol. The average Bonchev–Trinajstić information content (AvgIpc) is 2.43. The molecule has 100 valence electrons. The van der Waals surface area contributed by atoms with Crippen molar-refractivity contribution in [3.63, 3.8) is 0 Å². The maximum absolute atomic E-state index is 6.09. The highest BCUT2D eigenvalue weighted by atomic mass is 35.5. The summed E-state index contributed by atoms with van der Waals surface area (Å²) in [7, 11) is 3.42. The summed E-state index contributed by atoms with van der Waals surface area (Å²) in [6.07, 6.45) is 1.56. The van der Waals surface area contributed by atoms with Crippen molar-refractivity contribution in [1.29, 1.82) is 0 Å². The van der Waals surface area contributed by atoms with Crippen LogP contribution in [0.4, 0.5) is 17.5 Å². The van der Waals surface area contributed by atoms with E-state index in [1.807, 2.05) is 24.3 Å². The van der Waals surface area contributed by atoms with Crippen molar-refractivity contribution in [1.82, 2.24) is 9.97 Å². The van der Waals surface area contributed by atoms with Crippen LogP contribution < -0.4 is 10.6 Å². The predicted octanol–water partition coefficient (Wildman–Crippen LogP) is 3.06. The summed E-state index contributed by atoms with van der Waals surface area (Å²) in [6.45, 7) is 0.519. The van der Waals surface area contributed by atoms with Crippen LogP contribution in [0.3, 0.4) is 0 Å². The molecule has 2 rings (SSSR count). The molecule has 6 heteroatoms. The molecule has 1 aromatic carbocycles. The van der Waals surface area contributed by atoms with Crippen molar-refractivity contribution >= 4 is 29.1 Å². The molecule has 0 fully saturated rings. The molecular formula is C13H15ClN4O. The molecule has 1 aromatic heterocycles. The molecule has 0 atom stereocenters. The summed E-state index contributed by atoms with van der Waals surface area (Å²) in [6, 6.07) is 7.83. The summed E-state index contributed by atoms with van der Waals surface area (Å²) >= 11 is 6.09. The Morgan fingerprint density at radius 3 is 2.84 bits per heavy atom. The average molecular weight is 279 g/mol. The van der Waals surface area contributed by atoms with Gasteiger partial charge in [-0.3, -0.25) is 0 Å². The highest BCUT2D eigenvalue weighted by Gasteiger charge is 2.07. The van der Waals surface area contributed by atoms with E-state index >= 15 is 0 Å². The van der Waals surface area contributed by atoms with E-state index in [0.29, 0.717) is 23.4 Å². The molecule has 0 aliphatic carbocycles. The van der Waals surface area contributed by atoms with Gasteiger partial charge in [0.2, 0.25) is 5.95 Å². The van der Waals surface area contributed by atoms with Crippen LogP contribution in [0.2, 0.25) is 5.02 Å². The lowest BCUT2D eigenvalue weighted by atomic mass is 10.2. The third-order valence-corrected chi connectivity index (χ3v) is 2.81. The molecule has 0 saturated heterocycles. The third-order valence-electron chi connectivity index (χ3n) is 2.54. The number of halogens is 1. The first kappa shape index (κ1) is 13.6. The second-order valence-corrected chi connectivity index (χ2v) is 4.26. The summed E-state index contributed by atoms with van der Waals surface area (Å²) in [5, 5.41) is 6.54. The molecule has 0 spiro atoms. The summed E-state index contributed by atoms with van der Waals surface area (Å²) in [4.78, 5) is 8.32. The number of ether oxygens (including phenoxy) is 1. The van der Waals surface area contributed by atoms with Crippen molar-refractivity contribution in [2.45, 2.75) is 6.61 Å². The minimum atomic E-state index is 0.464. The fourth-order valence-electron chi connectivity index (χ4n) is 1.63. The quantitative estimate of drug-likeness (QED) is 0.880. The van der Waals surface area contributed by atoms with Gasteiger partial charge in [-0.2, -0.15) is 4.98 Å². The second-order valence-electron chi connectivity index (χ2n) is 3.86. The van der Waals surface area contributed by atoms with Gasteiger partial charge in [0.05, 0.1) is 12.8 Å². The lowest BCUT2D eigenvalue weighted by Crippen LogP contribution is -2.03. The number of nitrogens with one attached hydrogen (secondary N) is 2. The Hall–Kier alpha value is -1.85. The van der Waals surface area contributed by atoms with Crippen molar-refractivity contribution in [3.05, 3.63) is 41.0 Å². The Morgan fingerprint density at radius 1 is 1.32 bits per heavy atom. The molecule has 2 aromatic rings. The van der Waals surface area contributed by atoms with Crippen LogP contribution >= 0.6 is 11.6 Å². The number of para-hydroxylation sites is 1. The number of anilines is 3. The Morgan fingerprint density at radius 2 is 2.11 bits per heavy atom. The van der Waals surface area contributed by atoms with E-state index in [2.05, 4.69) is 20.6 Å². The first-order valence-electron chi connectivity index (χ1n) is 5.78. The standard InChI is InChI=1S/C13H15ClN4O/c1-15-13-16-7-10(14)12(18-13)17-11-6-4-3-5-9(11)8-19-2/h3-7H,8H2,1-2H3,(H2,15,16,17,18). The molecule has 19 heavy (non-hydrogen) atoms. The molecule has 0 aliphatic rings. The first-order valence-corrected chi connectivity index (χ1v) is 6.16. The normalized spacial score (nSPS) is 10.3. The molecule has 0 aliphatic heterocycles. The molecule has 1 heterocycles. The topological polar surface area (TPSA) is 59.1 Å². The number of methoxy groups -OCH3 is 1. The lowest BCUT2D eigenvalue weighted by molar-refractivity contribution is 0.185. The predicted molar refractivity (Wildman–Crippen MR) is 77.0 cm³/mol. The summed E-state index contributed by atoms with van der Waals surface area (Å²) < 4.78 is 5.16. The van der Waals surface area contributed by atoms with Crippen molar-refractivity contribution in [2.24, 2.45) is 0 Å². The van der Waals surface area contributed by atoms with E-state index in [0.717, 1.165) is 11.3 Å². The first-order chi connectivity index (χ1) is 9.24. The van der Waals surface area contributed by atoms with Gasteiger partial charge in [0, 0.05) is 25.4 Å². The minimum Gasteiger partial charge on any atom is -0.380 e. The van der Waals surface area contributed by atoms with Gasteiger partial charge >= 0.3 is 0 Å². The van der Waals surface area contributed by atoms with Crippen molar-refractivity contribution < 1.29 is 4.74 Å². The van der Waals surface area contributed by atoms with E-state index < -0.39 is 0 Å². The van der Waals surface area contributed by atoms with Crippen LogP contribution in [0.25, 0.3) is 0 Å². The molecular weight excluding hydrogens is 264 g/mol. The van der Waals surface area contributed by atoms with Crippen LogP contribution in [-0.2, 0) is 11.3 Å². The fourth-order valence-corrected chi connectivity index (χ4v) is 1.76. The summed E-state index contributed by atoms with van der Waals surface area (Å²) in [5.74, 6) is 1.07. The smallest absolute Gasteiger partial charge is 0.224 e. The van der Waals surface area contributed by atoms with Crippen molar-refractivity contribution in [2.75, 3.05) is 24.8 Å². The number of nitrogens with zero attached hydrogens (tertiary/aromatic N) is 2. The van der Waals surface area contributed by atoms with Crippen LogP contribution in [-0.4, -0.2) is 24.1 Å². The fraction of sp³-hybridized carbons (Fsp3) is 0.231. The highest BCUT2D eigenvalue weighted by molar-refractivity contribution is 6.32. The van der Waals surface area contributed by atoms with Crippen molar-refractivity contribution in [3.8, 4) is 0 Å². The van der Waals surface area contributed by atoms with Gasteiger partial charge in [0.1, 0.15) is 5.02 Å².